The molecule has 8 heteroatoms. The molecular weight excluding hydrogens is 380 g/mol. The van der Waals surface area contributed by atoms with Crippen LogP contribution in [-0.4, -0.2) is 39.8 Å². The third-order valence-corrected chi connectivity index (χ3v) is 5.21. The first-order chi connectivity index (χ1) is 13.5. The minimum Gasteiger partial charge on any atom is -0.338 e. The van der Waals surface area contributed by atoms with E-state index in [1.807, 2.05) is 0 Å². The molecule has 1 atom stereocenters. The van der Waals surface area contributed by atoms with E-state index in [0.29, 0.717) is 40.4 Å². The monoisotopic (exact) mass is 398 g/mol. The number of halogens is 1. The first kappa shape index (κ1) is 18.3. The summed E-state index contributed by atoms with van der Waals surface area (Å²) in [5.74, 6) is -0.516. The van der Waals surface area contributed by atoms with Crippen molar-refractivity contribution in [1.29, 1.82) is 0 Å². The predicted octanol–water partition coefficient (Wildman–Crippen LogP) is 3.00. The number of piperidine rings is 1. The number of likely N-dealkylation sites (tertiary alicyclic amines) is 1. The molecule has 2 aromatic carbocycles. The lowest BCUT2D eigenvalue weighted by molar-refractivity contribution is -0.121. The minimum absolute atomic E-state index is 0.0968. The van der Waals surface area contributed by atoms with E-state index >= 15 is 0 Å². The number of amides is 2. The van der Waals surface area contributed by atoms with Gasteiger partial charge in [0.1, 0.15) is 0 Å². The van der Waals surface area contributed by atoms with E-state index in [2.05, 4.69) is 15.3 Å². The first-order valence-electron chi connectivity index (χ1n) is 9.07. The van der Waals surface area contributed by atoms with Gasteiger partial charge in [-0.3, -0.25) is 9.59 Å². The Bertz CT molecular complexity index is 1090. The molecule has 1 aliphatic heterocycles. The van der Waals surface area contributed by atoms with E-state index < -0.39 is 0 Å². The van der Waals surface area contributed by atoms with E-state index in [1.54, 1.807) is 47.4 Å². The zero-order chi connectivity index (χ0) is 19.7. The summed E-state index contributed by atoms with van der Waals surface area (Å²) in [5, 5.41) is 3.47. The predicted molar refractivity (Wildman–Crippen MR) is 108 cm³/mol. The molecule has 1 fully saturated rings. The molecule has 4 rings (SSSR count). The molecule has 0 radical (unpaired) electrons. The average molecular weight is 399 g/mol. The number of carbonyl (C=O) groups is 2. The van der Waals surface area contributed by atoms with Crippen molar-refractivity contribution in [3.05, 3.63) is 63.5 Å². The maximum atomic E-state index is 12.7. The third kappa shape index (κ3) is 3.80. The van der Waals surface area contributed by atoms with Crippen molar-refractivity contribution in [2.45, 2.75) is 12.8 Å². The van der Waals surface area contributed by atoms with Gasteiger partial charge >= 0.3 is 5.69 Å². The van der Waals surface area contributed by atoms with Crippen LogP contribution in [0, 0.1) is 5.92 Å². The Kier molecular flexibility index (Phi) is 4.92. The van der Waals surface area contributed by atoms with Crippen molar-refractivity contribution in [2.24, 2.45) is 5.92 Å². The number of hydrogen-bond acceptors (Lipinski definition) is 3. The summed E-state index contributed by atoms with van der Waals surface area (Å²) in [7, 11) is 0. The molecule has 144 valence electrons. The normalized spacial score (nSPS) is 16.9. The number of rotatable bonds is 3. The number of aromatic amines is 2. The molecule has 1 aliphatic rings. The lowest BCUT2D eigenvalue weighted by Gasteiger charge is -2.32. The van der Waals surface area contributed by atoms with Crippen LogP contribution < -0.4 is 11.0 Å². The molecule has 28 heavy (non-hydrogen) atoms. The van der Waals surface area contributed by atoms with Gasteiger partial charge in [0.15, 0.2) is 0 Å². The highest BCUT2D eigenvalue weighted by Gasteiger charge is 2.29. The van der Waals surface area contributed by atoms with E-state index in [0.717, 1.165) is 12.8 Å². The summed E-state index contributed by atoms with van der Waals surface area (Å²) in [6, 6.07) is 11.9. The molecule has 3 aromatic rings. The Morgan fingerprint density at radius 2 is 1.82 bits per heavy atom. The van der Waals surface area contributed by atoms with Crippen LogP contribution in [0.5, 0.6) is 0 Å². The van der Waals surface area contributed by atoms with Gasteiger partial charge in [-0.25, -0.2) is 4.79 Å². The molecular formula is C20H19ClN4O3. The summed E-state index contributed by atoms with van der Waals surface area (Å²) in [5.41, 5.74) is 2.19. The topological polar surface area (TPSA) is 98.1 Å². The number of nitrogens with zero attached hydrogens (tertiary/aromatic N) is 1. The number of anilines is 1. The molecule has 0 saturated carbocycles. The number of H-pyrrole nitrogens is 2. The number of nitrogens with one attached hydrogen (secondary N) is 3. The van der Waals surface area contributed by atoms with Crippen molar-refractivity contribution in [2.75, 3.05) is 18.4 Å². The zero-order valence-corrected chi connectivity index (χ0v) is 15.8. The fourth-order valence-electron chi connectivity index (χ4n) is 3.51. The van der Waals surface area contributed by atoms with Crippen molar-refractivity contribution < 1.29 is 9.59 Å². The van der Waals surface area contributed by atoms with E-state index in [4.69, 9.17) is 11.6 Å². The molecule has 3 N–H and O–H groups in total. The Morgan fingerprint density at radius 3 is 2.61 bits per heavy atom. The Morgan fingerprint density at radius 1 is 1.07 bits per heavy atom. The van der Waals surface area contributed by atoms with Crippen molar-refractivity contribution >= 4 is 40.1 Å². The Hall–Kier alpha value is -3.06. The lowest BCUT2D eigenvalue weighted by atomic mass is 9.96. The maximum absolute atomic E-state index is 12.7. The van der Waals surface area contributed by atoms with Crippen LogP contribution in [0.4, 0.5) is 5.69 Å². The lowest BCUT2D eigenvalue weighted by Crippen LogP contribution is -2.43. The largest absolute Gasteiger partial charge is 0.338 e. The summed E-state index contributed by atoms with van der Waals surface area (Å²) >= 11 is 5.88. The standard InChI is InChI=1S/C20H19ClN4O3/c21-14-5-3-12(4-6-14)19(27)25-9-1-2-13(11-25)18(26)22-15-7-8-16-17(10-15)24-20(28)23-16/h3-8,10,13H,1-2,9,11H2,(H,22,26)(H2,23,24,28)/t13-/m1/s1. The van der Waals surface area contributed by atoms with Gasteiger partial charge in [-0.05, 0) is 55.3 Å². The number of imidazole rings is 1. The second kappa shape index (κ2) is 7.52. The molecule has 1 saturated heterocycles. The van der Waals surface area contributed by atoms with Gasteiger partial charge in [-0.15, -0.1) is 0 Å². The Labute approximate surface area is 165 Å². The van der Waals surface area contributed by atoms with E-state index in [1.165, 1.54) is 0 Å². The van der Waals surface area contributed by atoms with Gasteiger partial charge in [0, 0.05) is 29.4 Å². The number of aromatic nitrogens is 2. The fourth-order valence-corrected chi connectivity index (χ4v) is 3.63. The summed E-state index contributed by atoms with van der Waals surface area (Å²) < 4.78 is 0. The SMILES string of the molecule is O=C(Nc1ccc2[nH]c(=O)[nH]c2c1)[C@@H]1CCCN(C(=O)c2ccc(Cl)cc2)C1. The maximum Gasteiger partial charge on any atom is 0.323 e. The van der Waals surface area contributed by atoms with E-state index in [9.17, 15) is 14.4 Å². The average Bonchev–Trinajstić information content (AvgIpc) is 3.07. The molecule has 7 nitrogen and oxygen atoms in total. The van der Waals surface area contributed by atoms with Crippen LogP contribution in [0.3, 0.4) is 0 Å². The molecule has 2 heterocycles. The number of fused-ring (bicyclic) bond motifs is 1. The molecule has 0 spiro atoms. The number of carbonyl (C=O) groups excluding carboxylic acids is 2. The summed E-state index contributed by atoms with van der Waals surface area (Å²) in [4.78, 5) is 43.8. The van der Waals surface area contributed by atoms with Crippen LogP contribution in [-0.2, 0) is 4.79 Å². The van der Waals surface area contributed by atoms with Crippen LogP contribution in [0.2, 0.25) is 5.02 Å². The quantitative estimate of drug-likeness (QED) is 0.632. The highest BCUT2D eigenvalue weighted by Crippen LogP contribution is 2.22. The molecule has 2 amide bonds. The highest BCUT2D eigenvalue weighted by atomic mass is 35.5. The second-order valence-electron chi connectivity index (χ2n) is 6.93. The van der Waals surface area contributed by atoms with Crippen LogP contribution >= 0.6 is 11.6 Å². The number of hydrogen-bond donors (Lipinski definition) is 3. The van der Waals surface area contributed by atoms with Crippen LogP contribution in [0.1, 0.15) is 23.2 Å². The molecule has 0 bridgehead atoms. The zero-order valence-electron chi connectivity index (χ0n) is 15.0. The smallest absolute Gasteiger partial charge is 0.323 e. The number of benzene rings is 2. The van der Waals surface area contributed by atoms with Crippen molar-refractivity contribution in [1.82, 2.24) is 14.9 Å². The van der Waals surface area contributed by atoms with Gasteiger partial charge in [0.05, 0.1) is 17.0 Å². The van der Waals surface area contributed by atoms with Gasteiger partial charge in [-0.2, -0.15) is 0 Å². The second-order valence-corrected chi connectivity index (χ2v) is 7.36. The minimum atomic E-state index is -0.290. The van der Waals surface area contributed by atoms with Crippen LogP contribution in [0.15, 0.2) is 47.3 Å². The highest BCUT2D eigenvalue weighted by molar-refractivity contribution is 6.30. The van der Waals surface area contributed by atoms with Gasteiger partial charge in [-0.1, -0.05) is 11.6 Å². The molecule has 0 unspecified atom stereocenters. The summed E-state index contributed by atoms with van der Waals surface area (Å²) in [6.45, 7) is 0.998. The van der Waals surface area contributed by atoms with E-state index in [-0.39, 0.29) is 23.4 Å². The van der Waals surface area contributed by atoms with Gasteiger partial charge in [0.25, 0.3) is 5.91 Å². The third-order valence-electron chi connectivity index (χ3n) is 4.95. The van der Waals surface area contributed by atoms with Crippen molar-refractivity contribution in [3.63, 3.8) is 0 Å². The van der Waals surface area contributed by atoms with Crippen molar-refractivity contribution in [3.8, 4) is 0 Å². The van der Waals surface area contributed by atoms with Gasteiger partial charge < -0.3 is 20.2 Å². The van der Waals surface area contributed by atoms with Gasteiger partial charge in [0.2, 0.25) is 5.91 Å². The van der Waals surface area contributed by atoms with Crippen LogP contribution in [0.25, 0.3) is 11.0 Å². The fraction of sp³-hybridized carbons (Fsp3) is 0.250. The molecule has 0 aliphatic carbocycles. The first-order valence-corrected chi connectivity index (χ1v) is 9.45. The summed E-state index contributed by atoms with van der Waals surface area (Å²) in [6.07, 6.45) is 1.49. The Balaban J connectivity index is 1.44. The molecule has 1 aromatic heterocycles.